The minimum atomic E-state index is -0.414. The molecule has 3 heterocycles. The molecule has 7 heteroatoms. The van der Waals surface area contributed by atoms with Crippen LogP contribution in [0.4, 0.5) is 0 Å². The lowest BCUT2D eigenvalue weighted by molar-refractivity contribution is -0.151. The molecule has 1 aromatic rings. The molecule has 0 radical (unpaired) electrons. The molecule has 122 valence electrons. The Morgan fingerprint density at radius 1 is 1.36 bits per heavy atom. The summed E-state index contributed by atoms with van der Waals surface area (Å²) in [5.74, 6) is 0.0813. The maximum Gasteiger partial charge on any atom is 0.219 e. The van der Waals surface area contributed by atoms with Crippen LogP contribution in [0.3, 0.4) is 0 Å². The maximum absolute atomic E-state index is 11.7. The van der Waals surface area contributed by atoms with Gasteiger partial charge in [0.15, 0.2) is 0 Å². The fourth-order valence-electron chi connectivity index (χ4n) is 3.23. The van der Waals surface area contributed by atoms with Gasteiger partial charge < -0.3 is 14.4 Å². The normalized spacial score (nSPS) is 27.1. The van der Waals surface area contributed by atoms with Crippen molar-refractivity contribution >= 4 is 5.91 Å². The summed E-state index contributed by atoms with van der Waals surface area (Å²) in [6, 6.07) is 0. The Morgan fingerprint density at radius 3 is 2.95 bits per heavy atom. The fourth-order valence-corrected chi connectivity index (χ4v) is 3.23. The molecule has 0 saturated carbocycles. The first-order valence-corrected chi connectivity index (χ1v) is 7.73. The first kappa shape index (κ1) is 15.5. The van der Waals surface area contributed by atoms with E-state index in [0.717, 1.165) is 19.6 Å². The number of hydrogen-bond acceptors (Lipinski definition) is 5. The van der Waals surface area contributed by atoms with E-state index in [1.807, 2.05) is 29.0 Å². The van der Waals surface area contributed by atoms with E-state index in [2.05, 4.69) is 10.00 Å². The number of aryl methyl sites for hydroxylation is 1. The highest BCUT2D eigenvalue weighted by Crippen LogP contribution is 2.23. The van der Waals surface area contributed by atoms with E-state index < -0.39 is 5.60 Å². The highest BCUT2D eigenvalue weighted by atomic mass is 16.5. The summed E-state index contributed by atoms with van der Waals surface area (Å²) in [6.07, 6.45) is 3.93. The lowest BCUT2D eigenvalue weighted by atomic mass is 10.0. The zero-order valence-corrected chi connectivity index (χ0v) is 13.3. The van der Waals surface area contributed by atoms with Crippen molar-refractivity contribution < 1.29 is 14.3 Å². The number of aromatic nitrogens is 2. The van der Waals surface area contributed by atoms with Gasteiger partial charge in [0, 0.05) is 51.9 Å². The number of carbonyl (C=O) groups excluding carboxylic acids is 1. The van der Waals surface area contributed by atoms with E-state index in [1.165, 1.54) is 5.56 Å². The smallest absolute Gasteiger partial charge is 0.219 e. The van der Waals surface area contributed by atoms with E-state index in [9.17, 15) is 4.79 Å². The maximum atomic E-state index is 11.7. The number of morpholine rings is 1. The van der Waals surface area contributed by atoms with E-state index in [0.29, 0.717) is 32.9 Å². The van der Waals surface area contributed by atoms with Crippen molar-refractivity contribution in [3.63, 3.8) is 0 Å². The molecule has 1 atom stereocenters. The summed E-state index contributed by atoms with van der Waals surface area (Å²) in [7, 11) is 1.92. The molecule has 22 heavy (non-hydrogen) atoms. The van der Waals surface area contributed by atoms with Gasteiger partial charge >= 0.3 is 0 Å². The van der Waals surface area contributed by atoms with Gasteiger partial charge in [0.05, 0.1) is 32.6 Å². The predicted molar refractivity (Wildman–Crippen MR) is 80.2 cm³/mol. The Bertz CT molecular complexity index is 533. The molecular formula is C15H24N4O3. The highest BCUT2D eigenvalue weighted by molar-refractivity contribution is 5.73. The molecule has 2 aliphatic rings. The first-order chi connectivity index (χ1) is 10.6. The van der Waals surface area contributed by atoms with Crippen LogP contribution in [-0.2, 0) is 27.9 Å². The number of rotatable bonds is 2. The number of carbonyl (C=O) groups is 1. The second-order valence-corrected chi connectivity index (χ2v) is 6.26. The zero-order chi connectivity index (χ0) is 15.6. The van der Waals surface area contributed by atoms with E-state index in [-0.39, 0.29) is 5.91 Å². The van der Waals surface area contributed by atoms with Crippen LogP contribution in [0.1, 0.15) is 12.5 Å². The third kappa shape index (κ3) is 3.48. The van der Waals surface area contributed by atoms with Crippen molar-refractivity contribution in [1.29, 1.82) is 0 Å². The van der Waals surface area contributed by atoms with Gasteiger partial charge in [0.25, 0.3) is 0 Å². The summed E-state index contributed by atoms with van der Waals surface area (Å²) < 4.78 is 13.6. The van der Waals surface area contributed by atoms with Crippen LogP contribution in [0.5, 0.6) is 0 Å². The largest absolute Gasteiger partial charge is 0.376 e. The first-order valence-electron chi connectivity index (χ1n) is 7.73. The minimum Gasteiger partial charge on any atom is -0.376 e. The van der Waals surface area contributed by atoms with Gasteiger partial charge in [-0.2, -0.15) is 5.10 Å². The predicted octanol–water partition coefficient (Wildman–Crippen LogP) is -0.130. The Kier molecular flexibility index (Phi) is 4.46. The molecule has 3 rings (SSSR count). The fraction of sp³-hybridized carbons (Fsp3) is 0.733. The van der Waals surface area contributed by atoms with Crippen LogP contribution >= 0.6 is 0 Å². The molecule has 0 bridgehead atoms. The molecule has 2 saturated heterocycles. The average Bonchev–Trinajstić information content (AvgIpc) is 2.76. The summed E-state index contributed by atoms with van der Waals surface area (Å²) in [5, 5.41) is 4.22. The summed E-state index contributed by atoms with van der Waals surface area (Å²) in [4.78, 5) is 15.9. The van der Waals surface area contributed by atoms with Gasteiger partial charge in [0.2, 0.25) is 5.91 Å². The van der Waals surface area contributed by atoms with Crippen molar-refractivity contribution in [2.24, 2.45) is 7.05 Å². The van der Waals surface area contributed by atoms with Crippen LogP contribution in [0.25, 0.3) is 0 Å². The van der Waals surface area contributed by atoms with Gasteiger partial charge in [-0.1, -0.05) is 0 Å². The summed E-state index contributed by atoms with van der Waals surface area (Å²) in [6.45, 7) is 7.13. The Morgan fingerprint density at radius 2 is 2.23 bits per heavy atom. The van der Waals surface area contributed by atoms with Crippen LogP contribution in [0.2, 0.25) is 0 Å². The molecule has 2 fully saturated rings. The van der Waals surface area contributed by atoms with Crippen LogP contribution in [0.15, 0.2) is 12.4 Å². The molecule has 2 aliphatic heterocycles. The molecular weight excluding hydrogens is 284 g/mol. The number of nitrogens with zero attached hydrogens (tertiary/aromatic N) is 4. The van der Waals surface area contributed by atoms with Crippen molar-refractivity contribution in [2.75, 3.05) is 46.0 Å². The molecule has 0 aliphatic carbocycles. The Balaban J connectivity index is 1.68. The van der Waals surface area contributed by atoms with Crippen LogP contribution in [0, 0.1) is 0 Å². The number of amides is 1. The minimum absolute atomic E-state index is 0.0813. The Labute approximate surface area is 130 Å². The third-order valence-electron chi connectivity index (χ3n) is 4.29. The second kappa shape index (κ2) is 6.36. The SMILES string of the molecule is CC(=O)N1CCOCC2(CN(Cc3cnn(C)c3)CCO2)C1. The molecule has 1 unspecified atom stereocenters. The van der Waals surface area contributed by atoms with E-state index in [4.69, 9.17) is 9.47 Å². The van der Waals surface area contributed by atoms with Crippen molar-refractivity contribution in [1.82, 2.24) is 19.6 Å². The van der Waals surface area contributed by atoms with Crippen LogP contribution in [-0.4, -0.2) is 77.1 Å². The molecule has 1 aromatic heterocycles. The van der Waals surface area contributed by atoms with Gasteiger partial charge in [-0.15, -0.1) is 0 Å². The molecule has 1 spiro atoms. The van der Waals surface area contributed by atoms with Crippen molar-refractivity contribution in [3.05, 3.63) is 18.0 Å². The topological polar surface area (TPSA) is 59.8 Å². The molecule has 0 aromatic carbocycles. The summed E-state index contributed by atoms with van der Waals surface area (Å²) in [5.41, 5.74) is 0.778. The van der Waals surface area contributed by atoms with E-state index in [1.54, 1.807) is 6.92 Å². The monoisotopic (exact) mass is 308 g/mol. The molecule has 0 N–H and O–H groups in total. The number of hydrogen-bond donors (Lipinski definition) is 0. The Hall–Kier alpha value is -1.44. The standard InChI is InChI=1S/C15H24N4O3/c1-13(20)19-4-5-21-12-15(11-19)10-18(3-6-22-15)9-14-7-16-17(2)8-14/h7-8H,3-6,9-12H2,1-2H3. The van der Waals surface area contributed by atoms with Crippen LogP contribution < -0.4 is 0 Å². The molecule has 1 amide bonds. The number of ether oxygens (including phenoxy) is 2. The van der Waals surface area contributed by atoms with E-state index >= 15 is 0 Å². The molecule has 7 nitrogen and oxygen atoms in total. The van der Waals surface area contributed by atoms with Gasteiger partial charge in [-0.3, -0.25) is 14.4 Å². The van der Waals surface area contributed by atoms with Gasteiger partial charge in [-0.05, 0) is 0 Å². The lowest BCUT2D eigenvalue weighted by Crippen LogP contribution is -2.58. The van der Waals surface area contributed by atoms with Crippen molar-refractivity contribution in [3.8, 4) is 0 Å². The second-order valence-electron chi connectivity index (χ2n) is 6.26. The summed E-state index contributed by atoms with van der Waals surface area (Å²) >= 11 is 0. The third-order valence-corrected chi connectivity index (χ3v) is 4.29. The zero-order valence-electron chi connectivity index (χ0n) is 13.3. The lowest BCUT2D eigenvalue weighted by Gasteiger charge is -2.43. The quantitative estimate of drug-likeness (QED) is 0.762. The average molecular weight is 308 g/mol. The van der Waals surface area contributed by atoms with Crippen molar-refractivity contribution in [2.45, 2.75) is 19.1 Å². The highest BCUT2D eigenvalue weighted by Gasteiger charge is 2.40. The van der Waals surface area contributed by atoms with Gasteiger partial charge in [0.1, 0.15) is 5.60 Å². The van der Waals surface area contributed by atoms with Gasteiger partial charge in [-0.25, -0.2) is 0 Å².